The van der Waals surface area contributed by atoms with Crippen LogP contribution in [-0.2, 0) is 10.0 Å². The summed E-state index contributed by atoms with van der Waals surface area (Å²) in [5, 5.41) is 0. The third-order valence-corrected chi connectivity index (χ3v) is 5.31. The van der Waals surface area contributed by atoms with Crippen LogP contribution in [0.4, 0.5) is 5.69 Å². The molecule has 0 aliphatic rings. The zero-order valence-corrected chi connectivity index (χ0v) is 15.2. The van der Waals surface area contributed by atoms with E-state index in [1.54, 1.807) is 61.5 Å². The fraction of sp³-hybridized carbons (Fsp3) is 0.200. The van der Waals surface area contributed by atoms with Gasteiger partial charge in [-0.1, -0.05) is 41.8 Å². The van der Waals surface area contributed by atoms with Crippen LogP contribution in [0.1, 0.15) is 12.5 Å². The molecule has 0 aliphatic carbocycles. The molecule has 4 nitrogen and oxygen atoms in total. The number of para-hydroxylation sites is 2. The SMILES string of the molecule is C=CCN(c1ccccc1OCC#CC)S(=O)(=O)c1ccc(C)cc1. The van der Waals surface area contributed by atoms with Crippen LogP contribution >= 0.6 is 0 Å². The molecule has 0 bridgehead atoms. The molecule has 5 heteroatoms. The Bertz CT molecular complexity index is 891. The van der Waals surface area contributed by atoms with Crippen molar-refractivity contribution in [2.45, 2.75) is 18.7 Å². The smallest absolute Gasteiger partial charge is 0.264 e. The van der Waals surface area contributed by atoms with Gasteiger partial charge in [-0.05, 0) is 38.1 Å². The molecule has 0 radical (unpaired) electrons. The average molecular weight is 355 g/mol. The maximum Gasteiger partial charge on any atom is 0.264 e. The molecule has 25 heavy (non-hydrogen) atoms. The second kappa shape index (κ2) is 8.41. The molecule has 130 valence electrons. The quantitative estimate of drug-likeness (QED) is 0.561. The third kappa shape index (κ3) is 4.43. The highest BCUT2D eigenvalue weighted by Gasteiger charge is 2.26. The number of rotatable bonds is 7. The zero-order chi connectivity index (χ0) is 18.3. The van der Waals surface area contributed by atoms with Gasteiger partial charge in [-0.3, -0.25) is 4.31 Å². The van der Waals surface area contributed by atoms with Crippen molar-refractivity contribution in [3.63, 3.8) is 0 Å². The summed E-state index contributed by atoms with van der Waals surface area (Å²) in [6.45, 7) is 7.65. The second-order valence-corrected chi connectivity index (χ2v) is 7.18. The fourth-order valence-corrected chi connectivity index (χ4v) is 3.70. The molecule has 0 aliphatic heterocycles. The number of ether oxygens (including phenoxy) is 1. The van der Waals surface area contributed by atoms with Gasteiger partial charge in [0.25, 0.3) is 10.0 Å². The Labute approximate surface area is 149 Å². The van der Waals surface area contributed by atoms with E-state index in [2.05, 4.69) is 18.4 Å². The minimum absolute atomic E-state index is 0.135. The van der Waals surface area contributed by atoms with Crippen molar-refractivity contribution < 1.29 is 13.2 Å². The van der Waals surface area contributed by atoms with E-state index in [-0.39, 0.29) is 18.0 Å². The summed E-state index contributed by atoms with van der Waals surface area (Å²) in [5.74, 6) is 6.02. The Morgan fingerprint density at radius 3 is 2.48 bits per heavy atom. The number of anilines is 1. The van der Waals surface area contributed by atoms with Crippen LogP contribution in [0, 0.1) is 18.8 Å². The summed E-state index contributed by atoms with van der Waals surface area (Å²) in [7, 11) is -3.74. The first-order chi connectivity index (χ1) is 12.0. The Morgan fingerprint density at radius 1 is 1.16 bits per heavy atom. The van der Waals surface area contributed by atoms with Gasteiger partial charge in [0.05, 0.1) is 17.1 Å². The van der Waals surface area contributed by atoms with Gasteiger partial charge in [0.1, 0.15) is 12.4 Å². The van der Waals surface area contributed by atoms with Crippen molar-refractivity contribution >= 4 is 15.7 Å². The van der Waals surface area contributed by atoms with Gasteiger partial charge in [0.2, 0.25) is 0 Å². The highest BCUT2D eigenvalue weighted by molar-refractivity contribution is 7.92. The van der Waals surface area contributed by atoms with E-state index >= 15 is 0 Å². The maximum absolute atomic E-state index is 13.1. The standard InChI is InChI=1S/C20H21NO3S/c1-4-6-16-24-20-10-8-7-9-19(20)21(15-5-2)25(22,23)18-13-11-17(3)12-14-18/h5,7-14H,2,15-16H2,1,3H3. The fourth-order valence-electron chi connectivity index (χ4n) is 2.25. The van der Waals surface area contributed by atoms with Crippen molar-refractivity contribution in [3.05, 3.63) is 66.7 Å². The molecular formula is C20H21NO3S. The van der Waals surface area contributed by atoms with Gasteiger partial charge >= 0.3 is 0 Å². The minimum Gasteiger partial charge on any atom is -0.479 e. The molecule has 0 fully saturated rings. The summed E-state index contributed by atoms with van der Waals surface area (Å²) in [6.07, 6.45) is 1.55. The van der Waals surface area contributed by atoms with E-state index in [9.17, 15) is 8.42 Å². The molecule has 0 aromatic heterocycles. The number of aryl methyl sites for hydroxylation is 1. The first-order valence-electron chi connectivity index (χ1n) is 7.82. The van der Waals surface area contributed by atoms with E-state index in [0.29, 0.717) is 11.4 Å². The Balaban J connectivity index is 2.48. The van der Waals surface area contributed by atoms with Crippen LogP contribution in [-0.4, -0.2) is 21.6 Å². The highest BCUT2D eigenvalue weighted by atomic mass is 32.2. The summed E-state index contributed by atoms with van der Waals surface area (Å²) in [4.78, 5) is 0.225. The summed E-state index contributed by atoms with van der Waals surface area (Å²) >= 11 is 0. The zero-order valence-electron chi connectivity index (χ0n) is 14.4. The van der Waals surface area contributed by atoms with Crippen LogP contribution in [0.25, 0.3) is 0 Å². The number of nitrogens with zero attached hydrogens (tertiary/aromatic N) is 1. The molecule has 0 amide bonds. The summed E-state index contributed by atoms with van der Waals surface area (Å²) in [5.41, 5.74) is 1.46. The molecule has 0 N–H and O–H groups in total. The highest BCUT2D eigenvalue weighted by Crippen LogP contribution is 2.32. The maximum atomic E-state index is 13.1. The van der Waals surface area contributed by atoms with Crippen LogP contribution in [0.15, 0.2) is 66.1 Å². The number of benzene rings is 2. The van der Waals surface area contributed by atoms with Crippen molar-refractivity contribution in [2.75, 3.05) is 17.5 Å². The molecule has 0 spiro atoms. The Hall–Kier alpha value is -2.71. The minimum atomic E-state index is -3.74. The predicted molar refractivity (Wildman–Crippen MR) is 101 cm³/mol. The predicted octanol–water partition coefficient (Wildman–Crippen LogP) is 3.78. The third-order valence-electron chi connectivity index (χ3n) is 3.51. The summed E-state index contributed by atoms with van der Waals surface area (Å²) < 4.78 is 33.2. The van der Waals surface area contributed by atoms with Crippen LogP contribution in [0.3, 0.4) is 0 Å². The number of hydrogen-bond acceptors (Lipinski definition) is 3. The molecule has 0 saturated carbocycles. The largest absolute Gasteiger partial charge is 0.479 e. The monoisotopic (exact) mass is 355 g/mol. The number of hydrogen-bond donors (Lipinski definition) is 0. The van der Waals surface area contributed by atoms with Crippen molar-refractivity contribution in [2.24, 2.45) is 0 Å². The van der Waals surface area contributed by atoms with Crippen LogP contribution in [0.2, 0.25) is 0 Å². The van der Waals surface area contributed by atoms with Gasteiger partial charge in [0, 0.05) is 0 Å². The van der Waals surface area contributed by atoms with Crippen molar-refractivity contribution in [3.8, 4) is 17.6 Å². The molecule has 0 unspecified atom stereocenters. The van der Waals surface area contributed by atoms with E-state index in [1.165, 1.54) is 4.31 Å². The topological polar surface area (TPSA) is 46.6 Å². The summed E-state index contributed by atoms with van der Waals surface area (Å²) in [6, 6.07) is 13.8. The average Bonchev–Trinajstić information content (AvgIpc) is 2.61. The lowest BCUT2D eigenvalue weighted by molar-refractivity contribution is 0.371. The van der Waals surface area contributed by atoms with E-state index in [4.69, 9.17) is 4.74 Å². The first-order valence-corrected chi connectivity index (χ1v) is 9.26. The van der Waals surface area contributed by atoms with Crippen molar-refractivity contribution in [1.82, 2.24) is 0 Å². The molecule has 2 rings (SSSR count). The van der Waals surface area contributed by atoms with Gasteiger partial charge in [0.15, 0.2) is 0 Å². The Morgan fingerprint density at radius 2 is 1.84 bits per heavy atom. The van der Waals surface area contributed by atoms with Gasteiger partial charge in [-0.25, -0.2) is 8.42 Å². The van der Waals surface area contributed by atoms with Crippen LogP contribution < -0.4 is 9.04 Å². The Kier molecular flexibility index (Phi) is 6.26. The second-order valence-electron chi connectivity index (χ2n) is 5.32. The molecule has 2 aromatic carbocycles. The lowest BCUT2D eigenvalue weighted by Gasteiger charge is -2.25. The molecule has 2 aromatic rings. The van der Waals surface area contributed by atoms with Gasteiger partial charge < -0.3 is 4.74 Å². The van der Waals surface area contributed by atoms with E-state index < -0.39 is 10.0 Å². The first kappa shape index (κ1) is 18.6. The molecule has 0 atom stereocenters. The molecule has 0 saturated heterocycles. The van der Waals surface area contributed by atoms with Crippen molar-refractivity contribution in [1.29, 1.82) is 0 Å². The molecule has 0 heterocycles. The van der Waals surface area contributed by atoms with E-state index in [1.807, 2.05) is 6.92 Å². The lowest BCUT2D eigenvalue weighted by atomic mass is 10.2. The lowest BCUT2D eigenvalue weighted by Crippen LogP contribution is -2.31. The van der Waals surface area contributed by atoms with Gasteiger partial charge in [-0.2, -0.15) is 0 Å². The molecular weight excluding hydrogens is 334 g/mol. The number of sulfonamides is 1. The van der Waals surface area contributed by atoms with E-state index in [0.717, 1.165) is 5.56 Å². The normalized spacial score (nSPS) is 10.5. The van der Waals surface area contributed by atoms with Gasteiger partial charge in [-0.15, -0.1) is 12.5 Å². The van der Waals surface area contributed by atoms with Crippen LogP contribution in [0.5, 0.6) is 5.75 Å².